The fourth-order valence-corrected chi connectivity index (χ4v) is 3.74. The lowest BCUT2D eigenvalue weighted by molar-refractivity contribution is 0.0676. The third kappa shape index (κ3) is 8.33. The summed E-state index contributed by atoms with van der Waals surface area (Å²) in [6.45, 7) is 11.0. The molecule has 0 saturated carbocycles. The quantitative estimate of drug-likeness (QED) is 0.254. The zero-order valence-corrected chi connectivity index (χ0v) is 22.6. The van der Waals surface area contributed by atoms with Crippen molar-refractivity contribution in [1.82, 2.24) is 15.6 Å². The van der Waals surface area contributed by atoms with E-state index in [1.54, 1.807) is 7.05 Å². The summed E-state index contributed by atoms with van der Waals surface area (Å²) in [7, 11) is 1.78. The molecule has 1 aliphatic rings. The zero-order chi connectivity index (χ0) is 22.8. The van der Waals surface area contributed by atoms with Crippen molar-refractivity contribution in [2.45, 2.75) is 52.8 Å². The number of nitrogens with one attached hydrogen (secondary N) is 2. The Bertz CT molecular complexity index is 866. The van der Waals surface area contributed by atoms with Gasteiger partial charge in [-0.3, -0.25) is 4.99 Å². The predicted molar refractivity (Wildman–Crippen MR) is 146 cm³/mol. The van der Waals surface area contributed by atoms with E-state index in [9.17, 15) is 0 Å². The molecule has 182 valence electrons. The molecule has 1 aliphatic heterocycles. The molecule has 0 radical (unpaired) electrons. The molecule has 3 rings (SSSR count). The summed E-state index contributed by atoms with van der Waals surface area (Å²) in [5.74, 6) is 2.65. The van der Waals surface area contributed by atoms with Crippen molar-refractivity contribution in [1.29, 1.82) is 0 Å². The Hall–Kier alpha value is -2.07. The number of hydrogen-bond donors (Lipinski definition) is 2. The molecule has 0 spiro atoms. The van der Waals surface area contributed by atoms with E-state index in [4.69, 9.17) is 9.47 Å². The Labute approximate surface area is 215 Å². The molecule has 8 heteroatoms. The lowest BCUT2D eigenvalue weighted by Gasteiger charge is -2.20. The maximum atomic E-state index is 6.11. The van der Waals surface area contributed by atoms with E-state index < -0.39 is 0 Å². The van der Waals surface area contributed by atoms with Crippen LogP contribution < -0.4 is 20.3 Å². The topological polar surface area (TPSA) is 71.0 Å². The smallest absolute Gasteiger partial charge is 0.191 e. The van der Waals surface area contributed by atoms with Crippen LogP contribution in [-0.2, 0) is 17.8 Å². The number of ether oxygens (including phenoxy) is 2. The number of anilines is 1. The Morgan fingerprint density at radius 2 is 1.97 bits per heavy atom. The fraction of sp³-hybridized carbons (Fsp3) is 0.520. The van der Waals surface area contributed by atoms with Crippen molar-refractivity contribution >= 4 is 35.8 Å². The van der Waals surface area contributed by atoms with Crippen LogP contribution in [0.5, 0.6) is 5.75 Å². The lowest BCUT2D eigenvalue weighted by Crippen LogP contribution is -2.36. The molecule has 1 atom stereocenters. The van der Waals surface area contributed by atoms with Crippen LogP contribution in [0.4, 0.5) is 5.82 Å². The first-order valence-electron chi connectivity index (χ1n) is 11.6. The first kappa shape index (κ1) is 27.2. The Balaban J connectivity index is 0.00000385. The summed E-state index contributed by atoms with van der Waals surface area (Å²) in [6.07, 6.45) is 4.31. The molecule has 0 aliphatic carbocycles. The maximum Gasteiger partial charge on any atom is 0.191 e. The molecule has 2 heterocycles. The molecule has 1 unspecified atom stereocenters. The molecule has 1 aromatic heterocycles. The number of aliphatic imine (C=N–C) groups is 1. The molecule has 7 nitrogen and oxygen atoms in total. The third-order valence-corrected chi connectivity index (χ3v) is 5.70. The van der Waals surface area contributed by atoms with Crippen LogP contribution in [0.1, 0.15) is 43.4 Å². The number of aryl methyl sites for hydroxylation is 1. The van der Waals surface area contributed by atoms with E-state index in [1.165, 1.54) is 5.56 Å². The van der Waals surface area contributed by atoms with Crippen molar-refractivity contribution < 1.29 is 9.47 Å². The van der Waals surface area contributed by atoms with Gasteiger partial charge in [0.1, 0.15) is 18.2 Å². The summed E-state index contributed by atoms with van der Waals surface area (Å²) in [4.78, 5) is 11.2. The van der Waals surface area contributed by atoms with Crippen LogP contribution >= 0.6 is 24.0 Å². The summed E-state index contributed by atoms with van der Waals surface area (Å²) < 4.78 is 11.8. The minimum absolute atomic E-state index is 0. The van der Waals surface area contributed by atoms with Crippen molar-refractivity contribution in [3.8, 4) is 5.75 Å². The summed E-state index contributed by atoms with van der Waals surface area (Å²) in [5.41, 5.74) is 3.39. The van der Waals surface area contributed by atoms with Crippen molar-refractivity contribution in [3.63, 3.8) is 0 Å². The van der Waals surface area contributed by atoms with Gasteiger partial charge in [-0.05, 0) is 56.9 Å². The Morgan fingerprint density at radius 3 is 2.61 bits per heavy atom. The van der Waals surface area contributed by atoms with Crippen molar-refractivity contribution in [2.75, 3.05) is 38.3 Å². The maximum absolute atomic E-state index is 6.11. The van der Waals surface area contributed by atoms with Crippen LogP contribution in [0.3, 0.4) is 0 Å². The van der Waals surface area contributed by atoms with Gasteiger partial charge in [-0.25, -0.2) is 4.98 Å². The largest absolute Gasteiger partial charge is 0.491 e. The van der Waals surface area contributed by atoms with Gasteiger partial charge in [-0.2, -0.15) is 0 Å². The highest BCUT2D eigenvalue weighted by Crippen LogP contribution is 2.22. The highest BCUT2D eigenvalue weighted by atomic mass is 127. The number of halogens is 1. The highest BCUT2D eigenvalue weighted by Gasteiger charge is 2.17. The van der Waals surface area contributed by atoms with Gasteiger partial charge in [-0.1, -0.05) is 18.2 Å². The fourth-order valence-electron chi connectivity index (χ4n) is 3.74. The number of guanidine groups is 1. The lowest BCUT2D eigenvalue weighted by atomic mass is 10.1. The van der Waals surface area contributed by atoms with E-state index in [-0.39, 0.29) is 30.1 Å². The van der Waals surface area contributed by atoms with Gasteiger partial charge in [0.2, 0.25) is 0 Å². The predicted octanol–water partition coefficient (Wildman–Crippen LogP) is 4.28. The number of rotatable bonds is 10. The number of aromatic nitrogens is 1. The molecule has 1 saturated heterocycles. The van der Waals surface area contributed by atoms with Gasteiger partial charge in [0.25, 0.3) is 0 Å². The molecule has 1 fully saturated rings. The van der Waals surface area contributed by atoms with Crippen LogP contribution in [0.25, 0.3) is 0 Å². The summed E-state index contributed by atoms with van der Waals surface area (Å²) in [6, 6.07) is 10.5. The summed E-state index contributed by atoms with van der Waals surface area (Å²) >= 11 is 0. The summed E-state index contributed by atoms with van der Waals surface area (Å²) in [5, 5.41) is 6.76. The number of pyridine rings is 1. The first-order valence-corrected chi connectivity index (χ1v) is 11.6. The van der Waals surface area contributed by atoms with Gasteiger partial charge >= 0.3 is 0 Å². The van der Waals surface area contributed by atoms with Gasteiger partial charge in [-0.15, -0.1) is 24.0 Å². The number of nitrogens with zero attached hydrogens (tertiary/aromatic N) is 3. The molecular formula is C25H38IN5O2. The van der Waals surface area contributed by atoms with Gasteiger partial charge in [0.15, 0.2) is 5.96 Å². The van der Waals surface area contributed by atoms with Crippen molar-refractivity contribution in [3.05, 3.63) is 53.2 Å². The minimum atomic E-state index is 0. The molecule has 1 aromatic carbocycles. The average molecular weight is 568 g/mol. The standard InChI is InChI=1S/C25H37N5O2.HI/c1-5-30(6-2)24-12-10-20(15-27-24)16-28-25(26-4)29-17-21-11-9-19(3)14-23(21)32-18-22-8-7-13-31-22;/h9-12,14-15,22H,5-8,13,16-18H2,1-4H3,(H2,26,28,29);1H. The number of benzene rings is 1. The highest BCUT2D eigenvalue weighted by molar-refractivity contribution is 14.0. The SMILES string of the molecule is CCN(CC)c1ccc(CNC(=NC)NCc2ccc(C)cc2OCC2CCCO2)cn1.I. The molecule has 33 heavy (non-hydrogen) atoms. The normalized spacial score (nSPS) is 15.6. The van der Waals surface area contributed by atoms with Gasteiger partial charge < -0.3 is 25.0 Å². The Kier molecular flexibility index (Phi) is 11.7. The van der Waals surface area contributed by atoms with E-state index in [2.05, 4.69) is 76.6 Å². The average Bonchev–Trinajstić information content (AvgIpc) is 3.34. The Morgan fingerprint density at radius 1 is 1.18 bits per heavy atom. The van der Waals surface area contributed by atoms with Gasteiger partial charge in [0.05, 0.1) is 6.10 Å². The van der Waals surface area contributed by atoms with E-state index in [0.29, 0.717) is 19.7 Å². The van der Waals surface area contributed by atoms with E-state index in [0.717, 1.165) is 61.2 Å². The second-order valence-corrected chi connectivity index (χ2v) is 8.03. The second kappa shape index (κ2) is 14.2. The van der Waals surface area contributed by atoms with Crippen molar-refractivity contribution in [2.24, 2.45) is 4.99 Å². The zero-order valence-electron chi connectivity index (χ0n) is 20.3. The van der Waals surface area contributed by atoms with E-state index >= 15 is 0 Å². The molecule has 2 N–H and O–H groups in total. The second-order valence-electron chi connectivity index (χ2n) is 8.03. The third-order valence-electron chi connectivity index (χ3n) is 5.70. The van der Waals surface area contributed by atoms with E-state index in [1.807, 2.05) is 6.20 Å². The monoisotopic (exact) mass is 567 g/mol. The van der Waals surface area contributed by atoms with Crippen LogP contribution in [-0.4, -0.2) is 50.4 Å². The molecular weight excluding hydrogens is 529 g/mol. The molecule has 0 amide bonds. The number of hydrogen-bond acceptors (Lipinski definition) is 5. The molecule has 2 aromatic rings. The minimum Gasteiger partial charge on any atom is -0.491 e. The van der Waals surface area contributed by atoms with Crippen LogP contribution in [0.15, 0.2) is 41.5 Å². The van der Waals surface area contributed by atoms with Crippen LogP contribution in [0, 0.1) is 6.92 Å². The van der Waals surface area contributed by atoms with Crippen LogP contribution in [0.2, 0.25) is 0 Å². The first-order chi connectivity index (χ1) is 15.6. The van der Waals surface area contributed by atoms with Gasteiger partial charge in [0, 0.05) is 51.6 Å². The molecule has 0 bridgehead atoms.